The van der Waals surface area contributed by atoms with E-state index in [1.807, 2.05) is 32.0 Å². The normalized spacial score (nSPS) is 12.8. The average molecular weight is 410 g/mol. The predicted molar refractivity (Wildman–Crippen MR) is 111 cm³/mol. The summed E-state index contributed by atoms with van der Waals surface area (Å²) in [4.78, 5) is 27.3. The Balaban J connectivity index is 1.86. The molecule has 0 aliphatic carbocycles. The smallest absolute Gasteiger partial charge is 0.285 e. The number of carbonyl (C=O) groups excluding carboxylic acids is 1. The lowest BCUT2D eigenvalue weighted by Gasteiger charge is -2.29. The monoisotopic (exact) mass is 410 g/mol. The molecule has 1 aromatic carbocycles. The minimum absolute atomic E-state index is 0.0815. The fraction of sp³-hybridized carbons (Fsp3) is 0.455. The van der Waals surface area contributed by atoms with Crippen LogP contribution in [0.5, 0.6) is 11.5 Å². The Kier molecular flexibility index (Phi) is 6.40. The standard InChI is InChI=1S/C22H26N4O4/c1-5-16-17(11-23)22(28)26(24-18(16)6-2)13-21(27)25-8-7-14-9-19(29-3)20(30-4)10-15(14)12-25/h9-10H,5-8,12-13H2,1-4H3. The Morgan fingerprint density at radius 3 is 2.40 bits per heavy atom. The van der Waals surface area contributed by atoms with E-state index in [0.29, 0.717) is 55.1 Å². The molecule has 8 heteroatoms. The number of aromatic nitrogens is 2. The Labute approximate surface area is 175 Å². The molecular formula is C22H26N4O4. The van der Waals surface area contributed by atoms with Crippen LogP contribution in [0, 0.1) is 11.3 Å². The van der Waals surface area contributed by atoms with Crippen LogP contribution in [-0.2, 0) is 37.1 Å². The molecule has 2 aromatic rings. The van der Waals surface area contributed by atoms with Crippen molar-refractivity contribution in [2.24, 2.45) is 0 Å². The molecule has 0 saturated carbocycles. The minimum atomic E-state index is -0.510. The van der Waals surface area contributed by atoms with Crippen molar-refractivity contribution >= 4 is 5.91 Å². The summed E-state index contributed by atoms with van der Waals surface area (Å²) in [5.41, 5.74) is 3.02. The van der Waals surface area contributed by atoms with Gasteiger partial charge in [-0.2, -0.15) is 10.4 Å². The van der Waals surface area contributed by atoms with E-state index in [1.54, 1.807) is 19.1 Å². The zero-order valence-electron chi connectivity index (χ0n) is 17.8. The molecule has 0 spiro atoms. The summed E-state index contributed by atoms with van der Waals surface area (Å²) < 4.78 is 11.8. The second-order valence-electron chi connectivity index (χ2n) is 7.12. The van der Waals surface area contributed by atoms with Gasteiger partial charge in [0, 0.05) is 13.1 Å². The highest BCUT2D eigenvalue weighted by molar-refractivity contribution is 5.76. The number of fused-ring (bicyclic) bond motifs is 1. The third kappa shape index (κ3) is 3.88. The number of nitrogens with zero attached hydrogens (tertiary/aromatic N) is 4. The number of hydrogen-bond acceptors (Lipinski definition) is 6. The van der Waals surface area contributed by atoms with E-state index in [1.165, 1.54) is 0 Å². The third-order valence-corrected chi connectivity index (χ3v) is 5.50. The van der Waals surface area contributed by atoms with Gasteiger partial charge in [0.1, 0.15) is 18.2 Å². The summed E-state index contributed by atoms with van der Waals surface area (Å²) in [6.45, 7) is 4.58. The molecule has 1 aliphatic rings. The number of carbonyl (C=O) groups is 1. The SMILES string of the molecule is CCc1nn(CC(=O)N2CCc3cc(OC)c(OC)cc3C2)c(=O)c(C#N)c1CC. The maximum absolute atomic E-state index is 12.9. The van der Waals surface area contributed by atoms with Gasteiger partial charge in [0.05, 0.1) is 19.9 Å². The predicted octanol–water partition coefficient (Wildman–Crippen LogP) is 1.84. The fourth-order valence-electron chi connectivity index (χ4n) is 3.87. The Morgan fingerprint density at radius 2 is 1.83 bits per heavy atom. The molecule has 1 aliphatic heterocycles. The van der Waals surface area contributed by atoms with E-state index < -0.39 is 5.56 Å². The summed E-state index contributed by atoms with van der Waals surface area (Å²) in [5, 5.41) is 13.8. The maximum atomic E-state index is 12.9. The number of aryl methyl sites for hydroxylation is 1. The number of methoxy groups -OCH3 is 2. The van der Waals surface area contributed by atoms with Crippen LogP contribution in [0.2, 0.25) is 0 Å². The zero-order valence-corrected chi connectivity index (χ0v) is 17.8. The minimum Gasteiger partial charge on any atom is -0.493 e. The molecule has 0 radical (unpaired) electrons. The van der Waals surface area contributed by atoms with Gasteiger partial charge in [-0.1, -0.05) is 13.8 Å². The highest BCUT2D eigenvalue weighted by Gasteiger charge is 2.24. The van der Waals surface area contributed by atoms with Crippen LogP contribution >= 0.6 is 0 Å². The summed E-state index contributed by atoms with van der Waals surface area (Å²) in [5.74, 6) is 1.07. The van der Waals surface area contributed by atoms with E-state index in [9.17, 15) is 14.9 Å². The van der Waals surface area contributed by atoms with Crippen LogP contribution < -0.4 is 15.0 Å². The molecule has 3 rings (SSSR count). The second-order valence-corrected chi connectivity index (χ2v) is 7.12. The van der Waals surface area contributed by atoms with Crippen LogP contribution in [-0.4, -0.2) is 41.4 Å². The van der Waals surface area contributed by atoms with Gasteiger partial charge in [-0.3, -0.25) is 9.59 Å². The maximum Gasteiger partial charge on any atom is 0.285 e. The Hall–Kier alpha value is -3.34. The number of hydrogen-bond donors (Lipinski definition) is 0. The van der Waals surface area contributed by atoms with Gasteiger partial charge < -0.3 is 14.4 Å². The van der Waals surface area contributed by atoms with Crippen molar-refractivity contribution in [3.63, 3.8) is 0 Å². The van der Waals surface area contributed by atoms with Crippen LogP contribution in [0.3, 0.4) is 0 Å². The average Bonchev–Trinajstić information content (AvgIpc) is 2.78. The first kappa shape index (κ1) is 21.4. The molecule has 2 heterocycles. The molecule has 0 saturated heterocycles. The van der Waals surface area contributed by atoms with Crippen molar-refractivity contribution in [1.82, 2.24) is 14.7 Å². The van der Waals surface area contributed by atoms with Gasteiger partial charge in [0.15, 0.2) is 11.5 Å². The molecule has 30 heavy (non-hydrogen) atoms. The molecule has 158 valence electrons. The number of nitriles is 1. The molecule has 0 atom stereocenters. The summed E-state index contributed by atoms with van der Waals surface area (Å²) in [7, 11) is 3.17. The summed E-state index contributed by atoms with van der Waals surface area (Å²) >= 11 is 0. The molecule has 1 amide bonds. The van der Waals surface area contributed by atoms with Crippen molar-refractivity contribution in [3.05, 3.63) is 50.4 Å². The molecule has 0 fully saturated rings. The van der Waals surface area contributed by atoms with E-state index in [2.05, 4.69) is 5.10 Å². The van der Waals surface area contributed by atoms with Crippen LogP contribution in [0.15, 0.2) is 16.9 Å². The topological polar surface area (TPSA) is 97.4 Å². The quantitative estimate of drug-likeness (QED) is 0.721. The van der Waals surface area contributed by atoms with Gasteiger partial charge in [0.2, 0.25) is 5.91 Å². The molecule has 1 aromatic heterocycles. The van der Waals surface area contributed by atoms with E-state index in [4.69, 9.17) is 9.47 Å². The Morgan fingerprint density at radius 1 is 1.17 bits per heavy atom. The Bertz CT molecular complexity index is 1070. The van der Waals surface area contributed by atoms with E-state index >= 15 is 0 Å². The molecule has 0 unspecified atom stereocenters. The lowest BCUT2D eigenvalue weighted by atomic mass is 9.98. The van der Waals surface area contributed by atoms with Gasteiger partial charge in [-0.25, -0.2) is 4.68 Å². The van der Waals surface area contributed by atoms with E-state index in [-0.39, 0.29) is 18.0 Å². The van der Waals surface area contributed by atoms with Crippen LogP contribution in [0.25, 0.3) is 0 Å². The van der Waals surface area contributed by atoms with Crippen molar-refractivity contribution in [3.8, 4) is 17.6 Å². The van der Waals surface area contributed by atoms with Crippen molar-refractivity contribution in [1.29, 1.82) is 5.26 Å². The molecular weight excluding hydrogens is 384 g/mol. The van der Waals surface area contributed by atoms with E-state index in [0.717, 1.165) is 15.8 Å². The first-order valence-electron chi connectivity index (χ1n) is 10.0. The number of amides is 1. The van der Waals surface area contributed by atoms with Gasteiger partial charge in [-0.05, 0) is 48.1 Å². The van der Waals surface area contributed by atoms with Crippen molar-refractivity contribution < 1.29 is 14.3 Å². The molecule has 8 nitrogen and oxygen atoms in total. The molecule has 0 N–H and O–H groups in total. The lowest BCUT2D eigenvalue weighted by Crippen LogP contribution is -2.41. The van der Waals surface area contributed by atoms with Gasteiger partial charge >= 0.3 is 0 Å². The highest BCUT2D eigenvalue weighted by atomic mass is 16.5. The van der Waals surface area contributed by atoms with Crippen molar-refractivity contribution in [2.75, 3.05) is 20.8 Å². The largest absolute Gasteiger partial charge is 0.493 e. The molecule has 0 bridgehead atoms. The first-order chi connectivity index (χ1) is 14.5. The fourth-order valence-corrected chi connectivity index (χ4v) is 3.87. The highest BCUT2D eigenvalue weighted by Crippen LogP contribution is 2.33. The lowest BCUT2D eigenvalue weighted by molar-refractivity contribution is -0.133. The summed E-state index contributed by atoms with van der Waals surface area (Å²) in [6.07, 6.45) is 1.82. The van der Waals surface area contributed by atoms with Crippen LogP contribution in [0.4, 0.5) is 0 Å². The third-order valence-electron chi connectivity index (χ3n) is 5.50. The number of benzene rings is 1. The number of ether oxygens (including phenoxy) is 2. The van der Waals surface area contributed by atoms with Gasteiger partial charge in [0.25, 0.3) is 5.56 Å². The van der Waals surface area contributed by atoms with Crippen molar-refractivity contribution in [2.45, 2.75) is 46.2 Å². The second kappa shape index (κ2) is 8.99. The number of rotatable bonds is 6. The van der Waals surface area contributed by atoms with Crippen LogP contribution in [0.1, 0.15) is 41.8 Å². The summed E-state index contributed by atoms with van der Waals surface area (Å²) in [6, 6.07) is 5.82. The van der Waals surface area contributed by atoms with Gasteiger partial charge in [-0.15, -0.1) is 0 Å². The first-order valence-corrected chi connectivity index (χ1v) is 10.0. The zero-order chi connectivity index (χ0) is 21.8.